The van der Waals surface area contributed by atoms with Gasteiger partial charge in [0, 0.05) is 28.5 Å². The summed E-state index contributed by atoms with van der Waals surface area (Å²) in [6, 6.07) is 14.2. The van der Waals surface area contributed by atoms with Crippen LogP contribution in [0.5, 0.6) is 0 Å². The number of para-hydroxylation sites is 1. The molecule has 0 radical (unpaired) electrons. The molecular formula is C29H28ClN5O2S. The Balaban J connectivity index is 1.69. The fourth-order valence-electron chi connectivity index (χ4n) is 4.83. The highest BCUT2D eigenvalue weighted by atomic mass is 35.5. The van der Waals surface area contributed by atoms with Gasteiger partial charge in [-0.3, -0.25) is 18.8 Å². The Hall–Kier alpha value is -3.75. The van der Waals surface area contributed by atoms with Crippen LogP contribution in [0.3, 0.4) is 0 Å². The molecule has 2 aromatic carbocycles. The van der Waals surface area contributed by atoms with E-state index in [-0.39, 0.29) is 11.5 Å². The van der Waals surface area contributed by atoms with E-state index in [0.29, 0.717) is 31.3 Å². The van der Waals surface area contributed by atoms with Crippen LogP contribution in [0.1, 0.15) is 48.0 Å². The molecule has 7 nitrogen and oxygen atoms in total. The number of amides is 1. The number of anilines is 1. The number of carbonyl (C=O) groups excluding carboxylic acids is 1. The number of hydrogen-bond donors (Lipinski definition) is 1. The first-order chi connectivity index (χ1) is 18.2. The second-order valence-electron chi connectivity index (χ2n) is 9.30. The van der Waals surface area contributed by atoms with Crippen LogP contribution in [-0.2, 0) is 11.3 Å². The summed E-state index contributed by atoms with van der Waals surface area (Å²) < 4.78 is 4.08. The first-order valence-electron chi connectivity index (χ1n) is 12.4. The number of nitrogens with one attached hydrogen (secondary N) is 1. The normalized spacial score (nSPS) is 15.4. The van der Waals surface area contributed by atoms with Crippen LogP contribution in [0.4, 0.5) is 5.69 Å². The summed E-state index contributed by atoms with van der Waals surface area (Å²) in [6.45, 7) is 10.5. The van der Waals surface area contributed by atoms with E-state index in [0.717, 1.165) is 34.6 Å². The molecule has 38 heavy (non-hydrogen) atoms. The largest absolute Gasteiger partial charge is 0.322 e. The molecule has 4 aromatic rings. The zero-order valence-electron chi connectivity index (χ0n) is 21.9. The summed E-state index contributed by atoms with van der Waals surface area (Å²) in [4.78, 5) is 32.9. The van der Waals surface area contributed by atoms with E-state index in [1.165, 1.54) is 11.3 Å². The smallest absolute Gasteiger partial charge is 0.271 e. The first kappa shape index (κ1) is 25.9. The zero-order valence-corrected chi connectivity index (χ0v) is 23.4. The molecule has 3 heterocycles. The second kappa shape index (κ2) is 10.2. The molecule has 1 N–H and O–H groups in total. The molecule has 1 atom stereocenters. The van der Waals surface area contributed by atoms with E-state index in [1.54, 1.807) is 16.7 Å². The summed E-state index contributed by atoms with van der Waals surface area (Å²) in [7, 11) is 0. The average Bonchev–Trinajstić information content (AvgIpc) is 3.35. The van der Waals surface area contributed by atoms with Crippen LogP contribution < -0.4 is 20.2 Å². The van der Waals surface area contributed by atoms with E-state index in [4.69, 9.17) is 16.6 Å². The molecule has 194 valence electrons. The van der Waals surface area contributed by atoms with Gasteiger partial charge in [-0.25, -0.2) is 4.99 Å². The number of hydrogen-bond acceptors (Lipinski definition) is 5. The van der Waals surface area contributed by atoms with E-state index in [1.807, 2.05) is 81.8 Å². The number of carbonyl (C=O) groups is 1. The number of halogens is 1. The van der Waals surface area contributed by atoms with Crippen molar-refractivity contribution in [2.24, 2.45) is 4.99 Å². The maximum absolute atomic E-state index is 13.9. The Labute approximate surface area is 229 Å². The van der Waals surface area contributed by atoms with E-state index < -0.39 is 6.04 Å². The number of nitrogens with zero attached hydrogens (tertiary/aromatic N) is 4. The van der Waals surface area contributed by atoms with Crippen molar-refractivity contribution < 1.29 is 4.79 Å². The molecule has 0 spiro atoms. The van der Waals surface area contributed by atoms with Gasteiger partial charge in [0.2, 0.25) is 0 Å². The van der Waals surface area contributed by atoms with Gasteiger partial charge < -0.3 is 5.32 Å². The van der Waals surface area contributed by atoms with Gasteiger partial charge in [0.1, 0.15) is 0 Å². The predicted octanol–water partition coefficient (Wildman–Crippen LogP) is 4.67. The highest BCUT2D eigenvalue weighted by Crippen LogP contribution is 2.31. The number of rotatable bonds is 5. The molecule has 0 aliphatic carbocycles. The standard InChI is InChI=1S/C29H28ClN5O2S/c1-6-34-19(5)22(17(3)33-34)15-24-28(37)35-26(20-11-13-21(30)14-12-20)25(18(4)31-29(35)38-24)27(36)32-23-10-8-7-9-16(23)2/h7-15,26H,6H2,1-5H3,(H,32,36)/b24-15-. The minimum absolute atomic E-state index is 0.203. The van der Waals surface area contributed by atoms with Crippen molar-refractivity contribution in [3.8, 4) is 0 Å². The maximum atomic E-state index is 13.9. The molecular weight excluding hydrogens is 518 g/mol. The van der Waals surface area contributed by atoms with Gasteiger partial charge in [0.15, 0.2) is 4.80 Å². The highest BCUT2D eigenvalue weighted by molar-refractivity contribution is 7.07. The van der Waals surface area contributed by atoms with Crippen LogP contribution in [-0.4, -0.2) is 20.3 Å². The lowest BCUT2D eigenvalue weighted by Crippen LogP contribution is -2.40. The number of aromatic nitrogens is 3. The molecule has 9 heteroatoms. The third kappa shape index (κ3) is 4.54. The van der Waals surface area contributed by atoms with Gasteiger partial charge in [-0.15, -0.1) is 0 Å². The van der Waals surface area contributed by atoms with Gasteiger partial charge in [0.25, 0.3) is 11.5 Å². The van der Waals surface area contributed by atoms with Gasteiger partial charge >= 0.3 is 0 Å². The van der Waals surface area contributed by atoms with Gasteiger partial charge in [-0.1, -0.05) is 53.3 Å². The minimum Gasteiger partial charge on any atom is -0.322 e. The molecule has 2 aromatic heterocycles. The monoisotopic (exact) mass is 545 g/mol. The molecule has 0 bridgehead atoms. The third-order valence-corrected chi connectivity index (χ3v) is 8.09. The van der Waals surface area contributed by atoms with Crippen LogP contribution >= 0.6 is 22.9 Å². The lowest BCUT2D eigenvalue weighted by molar-refractivity contribution is -0.113. The van der Waals surface area contributed by atoms with Gasteiger partial charge in [-0.2, -0.15) is 5.10 Å². The van der Waals surface area contributed by atoms with Gasteiger partial charge in [0.05, 0.1) is 27.5 Å². The third-order valence-electron chi connectivity index (χ3n) is 6.86. The summed E-state index contributed by atoms with van der Waals surface area (Å²) >= 11 is 7.50. The highest BCUT2D eigenvalue weighted by Gasteiger charge is 2.32. The predicted molar refractivity (Wildman–Crippen MR) is 152 cm³/mol. The Kier molecular flexibility index (Phi) is 6.94. The molecule has 5 rings (SSSR count). The van der Waals surface area contributed by atoms with Crippen molar-refractivity contribution in [2.45, 2.75) is 47.2 Å². The Morgan fingerprint density at radius 3 is 2.47 bits per heavy atom. The Morgan fingerprint density at radius 2 is 1.82 bits per heavy atom. The molecule has 0 saturated heterocycles. The van der Waals surface area contributed by atoms with E-state index >= 15 is 0 Å². The SMILES string of the molecule is CCn1nc(C)c(/C=c2\sc3n(c2=O)C(c2ccc(Cl)cc2)C(C(=O)Nc2ccccc2C)=C(C)N=3)c1C. The molecule has 0 fully saturated rings. The fourth-order valence-corrected chi connectivity index (χ4v) is 5.99. The summed E-state index contributed by atoms with van der Waals surface area (Å²) in [6.07, 6.45) is 1.89. The molecule has 1 aliphatic rings. The maximum Gasteiger partial charge on any atom is 0.271 e. The van der Waals surface area contributed by atoms with Crippen molar-refractivity contribution in [2.75, 3.05) is 5.32 Å². The minimum atomic E-state index is -0.657. The van der Waals surface area contributed by atoms with Crippen LogP contribution in [0.15, 0.2) is 69.6 Å². The summed E-state index contributed by atoms with van der Waals surface area (Å²) in [5.74, 6) is -0.300. The average molecular weight is 546 g/mol. The molecule has 1 aliphatic heterocycles. The van der Waals surface area contributed by atoms with Crippen molar-refractivity contribution >= 4 is 40.6 Å². The first-order valence-corrected chi connectivity index (χ1v) is 13.6. The lowest BCUT2D eigenvalue weighted by Gasteiger charge is -2.25. The van der Waals surface area contributed by atoms with Crippen molar-refractivity contribution in [1.82, 2.24) is 14.3 Å². The van der Waals surface area contributed by atoms with Gasteiger partial charge in [-0.05, 0) is 70.0 Å². The number of thiazole rings is 1. The Morgan fingerprint density at radius 1 is 1.11 bits per heavy atom. The topological polar surface area (TPSA) is 81.3 Å². The molecule has 0 saturated carbocycles. The van der Waals surface area contributed by atoms with E-state index in [2.05, 4.69) is 10.4 Å². The summed E-state index contributed by atoms with van der Waals surface area (Å²) in [5.41, 5.74) is 5.99. The van der Waals surface area contributed by atoms with Crippen molar-refractivity contribution in [3.05, 3.63) is 113 Å². The zero-order chi connectivity index (χ0) is 27.1. The van der Waals surface area contributed by atoms with Crippen molar-refractivity contribution in [3.63, 3.8) is 0 Å². The van der Waals surface area contributed by atoms with Crippen LogP contribution in [0.25, 0.3) is 6.08 Å². The second-order valence-corrected chi connectivity index (χ2v) is 10.7. The fraction of sp³-hybridized carbons (Fsp3) is 0.241. The Bertz CT molecular complexity index is 1780. The van der Waals surface area contributed by atoms with Crippen molar-refractivity contribution in [1.29, 1.82) is 0 Å². The van der Waals surface area contributed by atoms with Crippen LogP contribution in [0, 0.1) is 20.8 Å². The lowest BCUT2D eigenvalue weighted by atomic mass is 9.95. The summed E-state index contributed by atoms with van der Waals surface area (Å²) in [5, 5.41) is 8.19. The molecule has 1 unspecified atom stereocenters. The number of benzene rings is 2. The van der Waals surface area contributed by atoms with E-state index in [9.17, 15) is 9.59 Å². The number of aryl methyl sites for hydroxylation is 3. The number of allylic oxidation sites excluding steroid dienone is 1. The van der Waals surface area contributed by atoms with Crippen LogP contribution in [0.2, 0.25) is 5.02 Å². The quantitative estimate of drug-likeness (QED) is 0.396. The number of fused-ring (bicyclic) bond motifs is 1. The molecule has 1 amide bonds.